The maximum absolute atomic E-state index is 13.7. The van der Waals surface area contributed by atoms with Gasteiger partial charge in [0.05, 0.1) is 6.42 Å². The van der Waals surface area contributed by atoms with Crippen molar-refractivity contribution in [2.45, 2.75) is 25.7 Å². The second-order valence-corrected chi connectivity index (χ2v) is 7.25. The number of fused-ring (bicyclic) bond motifs is 1. The number of nitrogens with zero attached hydrogens (tertiary/aromatic N) is 3. The fourth-order valence-electron chi connectivity index (χ4n) is 3.29. The van der Waals surface area contributed by atoms with E-state index in [-0.39, 0.29) is 30.3 Å². The number of carbonyl (C=O) groups is 1. The number of carbonyl (C=O) groups excluding carboxylic acids is 1. The Morgan fingerprint density at radius 2 is 1.77 bits per heavy atom. The average molecular weight is 421 g/mol. The van der Waals surface area contributed by atoms with Gasteiger partial charge in [0.1, 0.15) is 0 Å². The highest BCUT2D eigenvalue weighted by Gasteiger charge is 2.28. The second-order valence-electron chi connectivity index (χ2n) is 7.25. The zero-order valence-electron chi connectivity index (χ0n) is 16.8. The molecular formula is C23H21F2N5O. The fourth-order valence-corrected chi connectivity index (χ4v) is 3.29. The number of nitrogen functional groups attached to an aromatic ring is 1. The number of pyridine rings is 1. The Kier molecular flexibility index (Phi) is 5.37. The standard InChI is InChI=1S/C23H21F2N5O/c1-2-23(24,25)18-7-9-19(10-8-18)27-21(31)13-15-3-5-16(6-4-15)17-11-12-30-20(14-17)28-22(26)29-30/h3-12,14H,2,13H2,1H3,(H2,26,29)(H,27,31). The Labute approximate surface area is 177 Å². The number of nitrogens with two attached hydrogens (primary N) is 1. The number of benzene rings is 2. The second kappa shape index (κ2) is 8.14. The van der Waals surface area contributed by atoms with Crippen molar-refractivity contribution < 1.29 is 13.6 Å². The molecular weight excluding hydrogens is 400 g/mol. The summed E-state index contributed by atoms with van der Waals surface area (Å²) in [5.41, 5.74) is 9.47. The average Bonchev–Trinajstić information content (AvgIpc) is 3.14. The summed E-state index contributed by atoms with van der Waals surface area (Å²) in [7, 11) is 0. The SMILES string of the molecule is CCC(F)(F)c1ccc(NC(=O)Cc2ccc(-c3ccn4nc(N)nc4c3)cc2)cc1. The Hall–Kier alpha value is -3.81. The molecule has 2 heterocycles. The minimum Gasteiger partial charge on any atom is -0.366 e. The van der Waals surface area contributed by atoms with Crippen LogP contribution in [0, 0.1) is 0 Å². The smallest absolute Gasteiger partial charge is 0.273 e. The predicted octanol–water partition coefficient (Wildman–Crippen LogP) is 4.66. The molecule has 0 radical (unpaired) electrons. The molecule has 0 bridgehead atoms. The van der Waals surface area contributed by atoms with Gasteiger partial charge < -0.3 is 11.1 Å². The van der Waals surface area contributed by atoms with E-state index in [4.69, 9.17) is 5.73 Å². The van der Waals surface area contributed by atoms with Crippen molar-refractivity contribution in [2.24, 2.45) is 0 Å². The number of hydrogen-bond donors (Lipinski definition) is 2. The highest BCUT2D eigenvalue weighted by molar-refractivity contribution is 5.92. The van der Waals surface area contributed by atoms with Gasteiger partial charge in [0, 0.05) is 23.9 Å². The summed E-state index contributed by atoms with van der Waals surface area (Å²) in [6.07, 6.45) is 1.69. The van der Waals surface area contributed by atoms with Gasteiger partial charge in [0.2, 0.25) is 11.9 Å². The lowest BCUT2D eigenvalue weighted by Crippen LogP contribution is -2.15. The molecule has 8 heteroatoms. The van der Waals surface area contributed by atoms with Gasteiger partial charge in [0.25, 0.3) is 5.92 Å². The first-order valence-electron chi connectivity index (χ1n) is 9.83. The van der Waals surface area contributed by atoms with Gasteiger partial charge in [-0.1, -0.05) is 43.3 Å². The van der Waals surface area contributed by atoms with Gasteiger partial charge in [0.15, 0.2) is 5.65 Å². The highest BCUT2D eigenvalue weighted by Crippen LogP contribution is 2.31. The van der Waals surface area contributed by atoms with Crippen molar-refractivity contribution in [1.29, 1.82) is 0 Å². The number of rotatable bonds is 6. The molecule has 158 valence electrons. The first kappa shape index (κ1) is 20.5. The summed E-state index contributed by atoms with van der Waals surface area (Å²) < 4.78 is 29.0. The summed E-state index contributed by atoms with van der Waals surface area (Å²) in [6.45, 7) is 1.43. The zero-order chi connectivity index (χ0) is 22.0. The van der Waals surface area contributed by atoms with Crippen molar-refractivity contribution in [3.63, 3.8) is 0 Å². The first-order chi connectivity index (χ1) is 14.8. The van der Waals surface area contributed by atoms with Gasteiger partial charge in [-0.3, -0.25) is 4.79 Å². The van der Waals surface area contributed by atoms with E-state index in [2.05, 4.69) is 15.4 Å². The van der Waals surface area contributed by atoms with Crippen molar-refractivity contribution in [3.05, 3.63) is 78.0 Å². The van der Waals surface area contributed by atoms with Crippen molar-refractivity contribution in [1.82, 2.24) is 14.6 Å². The normalized spacial score (nSPS) is 11.6. The Morgan fingerprint density at radius 1 is 1.06 bits per heavy atom. The highest BCUT2D eigenvalue weighted by atomic mass is 19.3. The van der Waals surface area contributed by atoms with E-state index in [1.54, 1.807) is 10.7 Å². The van der Waals surface area contributed by atoms with Gasteiger partial charge in [-0.2, -0.15) is 4.98 Å². The molecule has 1 amide bonds. The summed E-state index contributed by atoms with van der Waals surface area (Å²) in [5.74, 6) is -2.87. The molecule has 0 atom stereocenters. The van der Waals surface area contributed by atoms with E-state index in [0.29, 0.717) is 11.3 Å². The summed E-state index contributed by atoms with van der Waals surface area (Å²) in [6, 6.07) is 17.1. The van der Waals surface area contributed by atoms with Crippen LogP contribution in [0.1, 0.15) is 24.5 Å². The molecule has 3 N–H and O–H groups in total. The molecule has 31 heavy (non-hydrogen) atoms. The van der Waals surface area contributed by atoms with Gasteiger partial charge in [-0.25, -0.2) is 13.3 Å². The van der Waals surface area contributed by atoms with Crippen LogP contribution in [-0.2, 0) is 17.1 Å². The lowest BCUT2D eigenvalue weighted by atomic mass is 10.0. The third kappa shape index (κ3) is 4.53. The topological polar surface area (TPSA) is 85.3 Å². The molecule has 0 aliphatic rings. The molecule has 0 spiro atoms. The van der Waals surface area contributed by atoms with Crippen LogP contribution in [0.3, 0.4) is 0 Å². The van der Waals surface area contributed by atoms with E-state index in [1.165, 1.54) is 31.2 Å². The molecule has 2 aromatic heterocycles. The van der Waals surface area contributed by atoms with Crippen LogP contribution >= 0.6 is 0 Å². The van der Waals surface area contributed by atoms with Crippen LogP contribution in [0.4, 0.5) is 20.4 Å². The molecule has 2 aromatic carbocycles. The lowest BCUT2D eigenvalue weighted by molar-refractivity contribution is -0.115. The van der Waals surface area contributed by atoms with Gasteiger partial charge >= 0.3 is 0 Å². The van der Waals surface area contributed by atoms with Gasteiger partial charge in [-0.15, -0.1) is 5.10 Å². The quantitative estimate of drug-likeness (QED) is 0.474. The number of anilines is 2. The monoisotopic (exact) mass is 421 g/mol. The minimum absolute atomic E-state index is 0.0596. The van der Waals surface area contributed by atoms with E-state index in [0.717, 1.165) is 16.7 Å². The maximum Gasteiger partial charge on any atom is 0.273 e. The minimum atomic E-state index is -2.87. The van der Waals surface area contributed by atoms with E-state index in [1.807, 2.05) is 36.4 Å². The largest absolute Gasteiger partial charge is 0.366 e. The molecule has 0 fully saturated rings. The number of amides is 1. The number of aromatic nitrogens is 3. The number of nitrogens with one attached hydrogen (secondary N) is 1. The van der Waals surface area contributed by atoms with Crippen LogP contribution in [0.15, 0.2) is 66.9 Å². The molecule has 0 aliphatic heterocycles. The molecule has 0 aliphatic carbocycles. The Balaban J connectivity index is 1.40. The van der Waals surface area contributed by atoms with Gasteiger partial charge in [-0.05, 0) is 41.0 Å². The summed E-state index contributed by atoms with van der Waals surface area (Å²) in [4.78, 5) is 16.5. The third-order valence-electron chi connectivity index (χ3n) is 5.04. The maximum atomic E-state index is 13.7. The van der Waals surface area contributed by atoms with Crippen molar-refractivity contribution in [3.8, 4) is 11.1 Å². The Morgan fingerprint density at radius 3 is 2.45 bits per heavy atom. The third-order valence-corrected chi connectivity index (χ3v) is 5.04. The first-order valence-corrected chi connectivity index (χ1v) is 9.83. The van der Waals surface area contributed by atoms with Crippen LogP contribution in [0.25, 0.3) is 16.8 Å². The molecule has 0 unspecified atom stereocenters. The van der Waals surface area contributed by atoms with Crippen LogP contribution < -0.4 is 11.1 Å². The fraction of sp³-hybridized carbons (Fsp3) is 0.174. The van der Waals surface area contributed by atoms with Crippen LogP contribution in [0.5, 0.6) is 0 Å². The van der Waals surface area contributed by atoms with E-state index in [9.17, 15) is 13.6 Å². The van der Waals surface area contributed by atoms with Crippen LogP contribution in [0.2, 0.25) is 0 Å². The van der Waals surface area contributed by atoms with E-state index < -0.39 is 5.92 Å². The van der Waals surface area contributed by atoms with Crippen LogP contribution in [-0.4, -0.2) is 20.5 Å². The summed E-state index contributed by atoms with van der Waals surface area (Å²) >= 11 is 0. The molecule has 6 nitrogen and oxygen atoms in total. The molecule has 4 aromatic rings. The molecule has 0 saturated heterocycles. The lowest BCUT2D eigenvalue weighted by Gasteiger charge is -2.14. The van der Waals surface area contributed by atoms with Crippen molar-refractivity contribution >= 4 is 23.2 Å². The number of alkyl halides is 2. The molecule has 0 saturated carbocycles. The zero-order valence-corrected chi connectivity index (χ0v) is 16.8. The number of halogens is 2. The predicted molar refractivity (Wildman–Crippen MR) is 116 cm³/mol. The number of hydrogen-bond acceptors (Lipinski definition) is 4. The summed E-state index contributed by atoms with van der Waals surface area (Å²) in [5, 5.41) is 6.79. The molecule has 4 rings (SSSR count). The van der Waals surface area contributed by atoms with Crippen molar-refractivity contribution in [2.75, 3.05) is 11.1 Å². The Bertz CT molecular complexity index is 1220. The van der Waals surface area contributed by atoms with E-state index >= 15 is 0 Å².